The smallest absolute Gasteiger partial charge is 0.227 e. The van der Waals surface area contributed by atoms with Crippen molar-refractivity contribution < 1.29 is 9.53 Å². The van der Waals surface area contributed by atoms with E-state index in [0.717, 1.165) is 36.2 Å². The average molecular weight is 523 g/mol. The zero-order chi connectivity index (χ0) is 20.5. The number of amides is 1. The number of guanidine groups is 1. The number of anilines is 1. The molecule has 0 unspecified atom stereocenters. The van der Waals surface area contributed by atoms with Crippen molar-refractivity contribution in [2.24, 2.45) is 4.99 Å². The van der Waals surface area contributed by atoms with E-state index in [-0.39, 0.29) is 29.9 Å². The molecule has 7 nitrogen and oxygen atoms in total. The van der Waals surface area contributed by atoms with E-state index in [4.69, 9.17) is 4.74 Å². The van der Waals surface area contributed by atoms with Crippen LogP contribution in [0.25, 0.3) is 0 Å². The summed E-state index contributed by atoms with van der Waals surface area (Å²) in [6, 6.07) is 12.0. The molecular formula is C22H30IN5O2. The molecule has 1 aliphatic heterocycles. The van der Waals surface area contributed by atoms with Crippen LogP contribution in [0.15, 0.2) is 47.6 Å². The van der Waals surface area contributed by atoms with Gasteiger partial charge in [0.1, 0.15) is 0 Å². The number of halogens is 1. The molecule has 1 aromatic carbocycles. The number of carbonyl (C=O) groups is 1. The molecule has 1 fully saturated rings. The highest BCUT2D eigenvalue weighted by Gasteiger charge is 2.21. The lowest BCUT2D eigenvalue weighted by molar-refractivity contribution is -0.117. The van der Waals surface area contributed by atoms with E-state index in [0.29, 0.717) is 38.0 Å². The van der Waals surface area contributed by atoms with Crippen molar-refractivity contribution in [3.05, 3.63) is 53.7 Å². The summed E-state index contributed by atoms with van der Waals surface area (Å²) in [5, 5.41) is 6.61. The van der Waals surface area contributed by atoms with E-state index in [9.17, 15) is 4.79 Å². The topological polar surface area (TPSA) is 78.8 Å². The van der Waals surface area contributed by atoms with E-state index < -0.39 is 0 Å². The molecule has 0 bridgehead atoms. The normalized spacial score (nSPS) is 13.7. The SMILES string of the molecule is CCCOc1ncccc1CNC(=NC)NCc1ccc(N2CCCC2=O)cc1.I. The van der Waals surface area contributed by atoms with Gasteiger partial charge in [0, 0.05) is 50.6 Å². The Balaban J connectivity index is 0.00000320. The predicted octanol–water partition coefficient (Wildman–Crippen LogP) is 3.48. The summed E-state index contributed by atoms with van der Waals surface area (Å²) in [6.45, 7) is 4.74. The van der Waals surface area contributed by atoms with Gasteiger partial charge in [-0.3, -0.25) is 9.79 Å². The second-order valence-corrected chi connectivity index (χ2v) is 6.91. The van der Waals surface area contributed by atoms with Gasteiger partial charge in [-0.1, -0.05) is 25.1 Å². The molecule has 0 atom stereocenters. The lowest BCUT2D eigenvalue weighted by Gasteiger charge is -2.17. The molecule has 0 aliphatic carbocycles. The van der Waals surface area contributed by atoms with E-state index in [1.165, 1.54) is 0 Å². The first-order valence-electron chi connectivity index (χ1n) is 10.1. The van der Waals surface area contributed by atoms with Crippen molar-refractivity contribution in [1.29, 1.82) is 0 Å². The Labute approximate surface area is 195 Å². The maximum atomic E-state index is 11.9. The van der Waals surface area contributed by atoms with Gasteiger partial charge in [0.05, 0.1) is 6.61 Å². The molecule has 2 heterocycles. The van der Waals surface area contributed by atoms with Gasteiger partial charge in [-0.15, -0.1) is 24.0 Å². The molecular weight excluding hydrogens is 493 g/mol. The molecule has 1 aliphatic rings. The third-order valence-electron chi connectivity index (χ3n) is 4.74. The summed E-state index contributed by atoms with van der Waals surface area (Å²) in [5.74, 6) is 1.57. The quantitative estimate of drug-likeness (QED) is 0.315. The molecule has 0 saturated carbocycles. The minimum atomic E-state index is 0. The molecule has 1 amide bonds. The summed E-state index contributed by atoms with van der Waals surface area (Å²) in [5.41, 5.74) is 3.08. The third-order valence-corrected chi connectivity index (χ3v) is 4.74. The highest BCUT2D eigenvalue weighted by Crippen LogP contribution is 2.21. The van der Waals surface area contributed by atoms with Crippen LogP contribution in [0.4, 0.5) is 5.69 Å². The highest BCUT2D eigenvalue weighted by atomic mass is 127. The van der Waals surface area contributed by atoms with Crippen LogP contribution in [0.3, 0.4) is 0 Å². The maximum absolute atomic E-state index is 11.9. The van der Waals surface area contributed by atoms with Gasteiger partial charge in [-0.2, -0.15) is 0 Å². The van der Waals surface area contributed by atoms with Crippen LogP contribution in [0, 0.1) is 0 Å². The molecule has 1 saturated heterocycles. The third kappa shape index (κ3) is 6.58. The van der Waals surface area contributed by atoms with Gasteiger partial charge in [0.25, 0.3) is 0 Å². The summed E-state index contributed by atoms with van der Waals surface area (Å²) >= 11 is 0. The molecule has 0 spiro atoms. The van der Waals surface area contributed by atoms with Crippen molar-refractivity contribution in [3.8, 4) is 5.88 Å². The van der Waals surface area contributed by atoms with Crippen LogP contribution in [0.2, 0.25) is 0 Å². The monoisotopic (exact) mass is 523 g/mol. The van der Waals surface area contributed by atoms with Gasteiger partial charge in [0.15, 0.2) is 5.96 Å². The number of hydrogen-bond acceptors (Lipinski definition) is 4. The fourth-order valence-corrected chi connectivity index (χ4v) is 3.19. The molecule has 3 rings (SSSR count). The van der Waals surface area contributed by atoms with E-state index in [1.807, 2.05) is 41.3 Å². The summed E-state index contributed by atoms with van der Waals surface area (Å²) in [4.78, 5) is 22.3. The summed E-state index contributed by atoms with van der Waals surface area (Å²) in [6.07, 6.45) is 4.26. The van der Waals surface area contributed by atoms with E-state index in [1.54, 1.807) is 13.2 Å². The van der Waals surface area contributed by atoms with Crippen molar-refractivity contribution in [3.63, 3.8) is 0 Å². The Morgan fingerprint density at radius 3 is 2.63 bits per heavy atom. The van der Waals surface area contributed by atoms with Gasteiger partial charge in [0.2, 0.25) is 11.8 Å². The van der Waals surface area contributed by atoms with Gasteiger partial charge in [-0.05, 0) is 36.6 Å². The molecule has 8 heteroatoms. The number of hydrogen-bond donors (Lipinski definition) is 2. The zero-order valence-electron chi connectivity index (χ0n) is 17.6. The minimum absolute atomic E-state index is 0. The Bertz CT molecular complexity index is 842. The standard InChI is InChI=1S/C22H29N5O2.HI/c1-3-14-29-21-18(6-4-12-24-21)16-26-22(23-2)25-15-17-8-10-19(11-9-17)27-13-5-7-20(27)28;/h4,6,8-12H,3,5,7,13-16H2,1-2H3,(H2,23,25,26);1H. The Kier molecular flexibility index (Phi) is 9.85. The second kappa shape index (κ2) is 12.4. The van der Waals surface area contributed by atoms with E-state index >= 15 is 0 Å². The Morgan fingerprint density at radius 2 is 1.97 bits per heavy atom. The summed E-state index contributed by atoms with van der Waals surface area (Å²) < 4.78 is 5.70. The number of carbonyl (C=O) groups excluding carboxylic acids is 1. The molecule has 2 aromatic rings. The number of ether oxygens (including phenoxy) is 1. The van der Waals surface area contributed by atoms with Crippen molar-refractivity contribution in [2.75, 3.05) is 25.1 Å². The first-order valence-corrected chi connectivity index (χ1v) is 10.1. The van der Waals surface area contributed by atoms with Crippen LogP contribution in [0.1, 0.15) is 37.3 Å². The molecule has 0 radical (unpaired) electrons. The second-order valence-electron chi connectivity index (χ2n) is 6.91. The van der Waals surface area contributed by atoms with Crippen LogP contribution >= 0.6 is 24.0 Å². The zero-order valence-corrected chi connectivity index (χ0v) is 19.9. The number of aromatic nitrogens is 1. The first kappa shape index (κ1) is 23.9. The van der Waals surface area contributed by atoms with Crippen molar-refractivity contribution in [1.82, 2.24) is 15.6 Å². The molecule has 30 heavy (non-hydrogen) atoms. The Morgan fingerprint density at radius 1 is 1.20 bits per heavy atom. The van der Waals surface area contributed by atoms with Crippen LogP contribution in [-0.2, 0) is 17.9 Å². The van der Waals surface area contributed by atoms with Crippen LogP contribution in [-0.4, -0.2) is 37.1 Å². The number of pyridine rings is 1. The fourth-order valence-electron chi connectivity index (χ4n) is 3.19. The number of nitrogens with one attached hydrogen (secondary N) is 2. The minimum Gasteiger partial charge on any atom is -0.477 e. The lowest BCUT2D eigenvalue weighted by atomic mass is 10.2. The number of benzene rings is 1. The number of rotatable bonds is 8. The number of nitrogens with zero attached hydrogens (tertiary/aromatic N) is 3. The van der Waals surface area contributed by atoms with Gasteiger partial charge in [-0.25, -0.2) is 4.98 Å². The fraction of sp³-hybridized carbons (Fsp3) is 0.409. The van der Waals surface area contributed by atoms with Crippen LogP contribution in [0.5, 0.6) is 5.88 Å². The van der Waals surface area contributed by atoms with E-state index in [2.05, 4.69) is 27.5 Å². The number of aliphatic imine (C=N–C) groups is 1. The highest BCUT2D eigenvalue weighted by molar-refractivity contribution is 14.0. The van der Waals surface area contributed by atoms with Gasteiger partial charge >= 0.3 is 0 Å². The van der Waals surface area contributed by atoms with Gasteiger partial charge < -0.3 is 20.3 Å². The first-order chi connectivity index (χ1) is 14.2. The van der Waals surface area contributed by atoms with Crippen molar-refractivity contribution in [2.45, 2.75) is 39.3 Å². The molecule has 2 N–H and O–H groups in total. The molecule has 162 valence electrons. The molecule has 1 aromatic heterocycles. The largest absolute Gasteiger partial charge is 0.477 e. The summed E-state index contributed by atoms with van der Waals surface area (Å²) in [7, 11) is 1.75. The lowest BCUT2D eigenvalue weighted by Crippen LogP contribution is -2.36. The van der Waals surface area contributed by atoms with Crippen molar-refractivity contribution >= 4 is 41.5 Å². The predicted molar refractivity (Wildman–Crippen MR) is 131 cm³/mol. The maximum Gasteiger partial charge on any atom is 0.227 e. The van der Waals surface area contributed by atoms with Crippen LogP contribution < -0.4 is 20.3 Å². The Hall–Kier alpha value is -2.36. The average Bonchev–Trinajstić information content (AvgIpc) is 3.19.